The maximum atomic E-state index is 12.3. The van der Waals surface area contributed by atoms with Crippen molar-refractivity contribution in [1.82, 2.24) is 14.6 Å². The fourth-order valence-corrected chi connectivity index (χ4v) is 4.98. The van der Waals surface area contributed by atoms with Crippen molar-refractivity contribution in [3.63, 3.8) is 0 Å². The van der Waals surface area contributed by atoms with E-state index in [1.807, 2.05) is 6.92 Å². The minimum absolute atomic E-state index is 0.288. The van der Waals surface area contributed by atoms with Crippen LogP contribution in [0.5, 0.6) is 0 Å². The number of nitrogens with two attached hydrogens (primary N) is 1. The van der Waals surface area contributed by atoms with Gasteiger partial charge in [0.1, 0.15) is 35.3 Å². The summed E-state index contributed by atoms with van der Waals surface area (Å²) in [7, 11) is 0. The molecule has 1 saturated heterocycles. The first kappa shape index (κ1) is 19.5. The first-order valence-electron chi connectivity index (χ1n) is 10.3. The summed E-state index contributed by atoms with van der Waals surface area (Å²) in [5.74, 6) is 0.288. The van der Waals surface area contributed by atoms with Gasteiger partial charge in [0.05, 0.1) is 5.69 Å². The molecule has 0 bridgehead atoms. The normalized spacial score (nSPS) is 37.0. The molecule has 0 spiro atoms. The van der Waals surface area contributed by atoms with Gasteiger partial charge in [-0.1, -0.05) is 6.42 Å². The van der Waals surface area contributed by atoms with E-state index >= 15 is 0 Å². The molecule has 0 aromatic carbocycles. The molecule has 3 heterocycles. The van der Waals surface area contributed by atoms with Crippen LogP contribution in [0.3, 0.4) is 0 Å². The van der Waals surface area contributed by atoms with Gasteiger partial charge in [0.25, 0.3) is 0 Å². The molecule has 2 saturated carbocycles. The number of anilines is 1. The molecule has 3 aliphatic rings. The zero-order valence-electron chi connectivity index (χ0n) is 16.9. The number of nitrogen functional groups attached to an aromatic ring is 1. The molecule has 10 heteroatoms. The molecule has 5 atom stereocenters. The van der Waals surface area contributed by atoms with Crippen molar-refractivity contribution in [3.05, 3.63) is 24.2 Å². The molecule has 0 amide bonds. The van der Waals surface area contributed by atoms with Gasteiger partial charge in [0.15, 0.2) is 17.5 Å². The number of nitrogens with zero attached hydrogens (tertiary/aromatic N) is 3. The molecule has 30 heavy (non-hydrogen) atoms. The largest absolute Gasteiger partial charge is 0.509 e. The Morgan fingerprint density at radius 3 is 2.70 bits per heavy atom. The number of ether oxygens (including phenoxy) is 3. The van der Waals surface area contributed by atoms with Crippen LogP contribution in [-0.2, 0) is 19.8 Å². The van der Waals surface area contributed by atoms with E-state index in [-0.39, 0.29) is 5.82 Å². The van der Waals surface area contributed by atoms with Gasteiger partial charge in [-0.05, 0) is 51.7 Å². The molecular formula is C20H26N4O6. The summed E-state index contributed by atoms with van der Waals surface area (Å²) < 4.78 is 18.4. The van der Waals surface area contributed by atoms with Crippen molar-refractivity contribution in [2.24, 2.45) is 0 Å². The fraction of sp³-hybridized carbons (Fsp3) is 0.650. The third kappa shape index (κ3) is 2.63. The number of aromatic nitrogens is 3. The zero-order chi connectivity index (χ0) is 21.3. The maximum absolute atomic E-state index is 12.3. The minimum atomic E-state index is -1.72. The Bertz CT molecular complexity index is 1000. The molecular weight excluding hydrogens is 392 g/mol. The lowest BCUT2D eigenvalue weighted by molar-refractivity contribution is -0.137. The van der Waals surface area contributed by atoms with Crippen molar-refractivity contribution < 1.29 is 29.2 Å². The van der Waals surface area contributed by atoms with Gasteiger partial charge in [-0.25, -0.2) is 14.3 Å². The summed E-state index contributed by atoms with van der Waals surface area (Å²) in [6.45, 7) is 3.55. The Balaban J connectivity index is 1.32. The van der Waals surface area contributed by atoms with Gasteiger partial charge in [0, 0.05) is 0 Å². The zero-order valence-corrected chi connectivity index (χ0v) is 16.9. The van der Waals surface area contributed by atoms with E-state index in [1.54, 1.807) is 19.1 Å². The van der Waals surface area contributed by atoms with Crippen LogP contribution in [0, 0.1) is 0 Å². The number of hydrogen-bond donors (Lipinski definition) is 3. The SMILES string of the molecule is CC1(OC(=O)OC2[C@H]3O[C@@](C)(c4ccc5c(N)ncnn45)[C@H](O)[C@@]23O)CCCCC1. The second-order valence-electron chi connectivity index (χ2n) is 9.00. The van der Waals surface area contributed by atoms with Crippen LogP contribution in [0.15, 0.2) is 18.5 Å². The van der Waals surface area contributed by atoms with Crippen LogP contribution in [0.25, 0.3) is 5.52 Å². The highest BCUT2D eigenvalue weighted by atomic mass is 16.8. The second kappa shape index (κ2) is 6.29. The van der Waals surface area contributed by atoms with E-state index in [9.17, 15) is 15.0 Å². The number of rotatable bonds is 3. The summed E-state index contributed by atoms with van der Waals surface area (Å²) in [5.41, 5.74) is 3.40. The molecule has 2 aromatic rings. The molecule has 0 radical (unpaired) electrons. The summed E-state index contributed by atoms with van der Waals surface area (Å²) in [6.07, 6.45) is 1.93. The number of carbonyl (C=O) groups is 1. The van der Waals surface area contributed by atoms with Crippen molar-refractivity contribution in [2.45, 2.75) is 81.1 Å². The van der Waals surface area contributed by atoms with E-state index in [4.69, 9.17) is 19.9 Å². The van der Waals surface area contributed by atoms with E-state index in [0.717, 1.165) is 32.1 Å². The van der Waals surface area contributed by atoms with Gasteiger partial charge in [-0.15, -0.1) is 0 Å². The first-order chi connectivity index (χ1) is 14.2. The molecule has 4 N–H and O–H groups in total. The average Bonchev–Trinajstić information content (AvgIpc) is 3.01. The Hall–Kier alpha value is -2.43. The maximum Gasteiger partial charge on any atom is 0.509 e. The second-order valence-corrected chi connectivity index (χ2v) is 9.00. The highest BCUT2D eigenvalue weighted by molar-refractivity contribution is 5.66. The highest BCUT2D eigenvalue weighted by Crippen LogP contribution is 2.59. The predicted molar refractivity (Wildman–Crippen MR) is 103 cm³/mol. The lowest BCUT2D eigenvalue weighted by Gasteiger charge is -2.34. The van der Waals surface area contributed by atoms with Gasteiger partial charge < -0.3 is 30.2 Å². The molecule has 10 nitrogen and oxygen atoms in total. The fourth-order valence-electron chi connectivity index (χ4n) is 4.98. The average molecular weight is 418 g/mol. The van der Waals surface area contributed by atoms with Crippen molar-refractivity contribution in [1.29, 1.82) is 0 Å². The Labute approximate surface area is 172 Å². The number of fused-ring (bicyclic) bond motifs is 2. The van der Waals surface area contributed by atoms with Crippen LogP contribution in [0.1, 0.15) is 51.6 Å². The number of hydrogen-bond acceptors (Lipinski definition) is 9. The third-order valence-corrected chi connectivity index (χ3v) is 6.86. The van der Waals surface area contributed by atoms with Crippen molar-refractivity contribution in [3.8, 4) is 0 Å². The van der Waals surface area contributed by atoms with Crippen LogP contribution in [0.4, 0.5) is 10.6 Å². The van der Waals surface area contributed by atoms with Crippen molar-refractivity contribution in [2.75, 3.05) is 5.73 Å². The number of carbonyl (C=O) groups excluding carboxylic acids is 1. The Morgan fingerprint density at radius 1 is 1.30 bits per heavy atom. The van der Waals surface area contributed by atoms with E-state index < -0.39 is 41.3 Å². The predicted octanol–water partition coefficient (Wildman–Crippen LogP) is 1.28. The summed E-state index contributed by atoms with van der Waals surface area (Å²) in [5, 5.41) is 26.2. The van der Waals surface area contributed by atoms with Crippen LogP contribution < -0.4 is 5.73 Å². The van der Waals surface area contributed by atoms with Crippen LogP contribution in [-0.4, -0.2) is 60.5 Å². The lowest BCUT2D eigenvalue weighted by atomic mass is 9.86. The molecule has 1 aliphatic heterocycles. The summed E-state index contributed by atoms with van der Waals surface area (Å²) >= 11 is 0. The quantitative estimate of drug-likeness (QED) is 0.628. The molecule has 162 valence electrons. The molecule has 2 aliphatic carbocycles. The summed E-state index contributed by atoms with van der Waals surface area (Å²) in [4.78, 5) is 16.3. The Morgan fingerprint density at radius 2 is 2.03 bits per heavy atom. The topological polar surface area (TPSA) is 141 Å². The van der Waals surface area contributed by atoms with Gasteiger partial charge in [0.2, 0.25) is 0 Å². The first-order valence-corrected chi connectivity index (χ1v) is 10.3. The van der Waals surface area contributed by atoms with Crippen molar-refractivity contribution >= 4 is 17.5 Å². The van der Waals surface area contributed by atoms with Gasteiger partial charge in [-0.3, -0.25) is 0 Å². The smallest absolute Gasteiger partial charge is 0.428 e. The van der Waals surface area contributed by atoms with E-state index in [2.05, 4.69) is 10.1 Å². The molecule has 1 unspecified atom stereocenters. The van der Waals surface area contributed by atoms with Crippen LogP contribution in [0.2, 0.25) is 0 Å². The third-order valence-electron chi connectivity index (χ3n) is 6.86. The lowest BCUT2D eigenvalue weighted by Crippen LogP contribution is -2.47. The monoisotopic (exact) mass is 418 g/mol. The molecule has 5 rings (SSSR count). The molecule has 2 aromatic heterocycles. The highest BCUT2D eigenvalue weighted by Gasteiger charge is 2.82. The minimum Gasteiger partial charge on any atom is -0.428 e. The summed E-state index contributed by atoms with van der Waals surface area (Å²) in [6, 6.07) is 3.43. The standard InChI is InChI=1S/C20H26N4O6/c1-18(8-4-3-5-9-18)30-17(26)28-13-14-20(13,27)16(25)19(2,29-14)12-7-6-11-15(21)22-10-23-24(11)12/h6-7,10,13-14,16,25,27H,3-5,8-9H2,1-2H3,(H2,21,22,23)/t13?,14-,16+,19+,20-/m1/s1. The molecule has 3 fully saturated rings. The van der Waals surface area contributed by atoms with E-state index in [1.165, 1.54) is 10.8 Å². The van der Waals surface area contributed by atoms with E-state index in [0.29, 0.717) is 11.2 Å². The number of aliphatic hydroxyl groups excluding tert-OH is 1. The van der Waals surface area contributed by atoms with Crippen LogP contribution >= 0.6 is 0 Å². The van der Waals surface area contributed by atoms with Gasteiger partial charge >= 0.3 is 6.16 Å². The Kier molecular flexibility index (Phi) is 4.09. The number of aliphatic hydroxyl groups is 2. The van der Waals surface area contributed by atoms with Gasteiger partial charge in [-0.2, -0.15) is 5.10 Å².